The molecule has 1 aromatic rings. The molecule has 0 saturated carbocycles. The molecule has 0 aromatic heterocycles. The molecule has 20 heavy (non-hydrogen) atoms. The number of methoxy groups -OCH3 is 1. The maximum atomic E-state index is 12.0. The Morgan fingerprint density at radius 2 is 2.10 bits per heavy atom. The van der Waals surface area contributed by atoms with Crippen LogP contribution in [-0.2, 0) is 9.53 Å². The van der Waals surface area contributed by atoms with Gasteiger partial charge in [-0.15, -0.1) is 0 Å². The summed E-state index contributed by atoms with van der Waals surface area (Å²) >= 11 is 0. The number of benzene rings is 1. The molecule has 0 aliphatic carbocycles. The number of hydrogen-bond acceptors (Lipinski definition) is 4. The van der Waals surface area contributed by atoms with Crippen LogP contribution in [0.4, 0.5) is 5.69 Å². The zero-order chi connectivity index (χ0) is 14.4. The molecule has 1 heterocycles. The molecule has 1 amide bonds. The van der Waals surface area contributed by atoms with Gasteiger partial charge in [0, 0.05) is 12.1 Å². The van der Waals surface area contributed by atoms with Gasteiger partial charge in [0.25, 0.3) is 0 Å². The molecule has 2 N–H and O–H groups in total. The van der Waals surface area contributed by atoms with Gasteiger partial charge in [0.05, 0.1) is 12.7 Å². The van der Waals surface area contributed by atoms with Gasteiger partial charge in [-0.25, -0.2) is 4.79 Å². The van der Waals surface area contributed by atoms with E-state index in [9.17, 15) is 9.59 Å². The molecular formula is C15H20N2O3. The predicted molar refractivity (Wildman–Crippen MR) is 76.6 cm³/mol. The molecule has 1 saturated heterocycles. The van der Waals surface area contributed by atoms with Crippen molar-refractivity contribution in [3.05, 3.63) is 29.8 Å². The number of piperidine rings is 1. The number of rotatable bonds is 4. The van der Waals surface area contributed by atoms with Gasteiger partial charge in [-0.2, -0.15) is 0 Å². The van der Waals surface area contributed by atoms with Gasteiger partial charge in [0.2, 0.25) is 5.91 Å². The van der Waals surface area contributed by atoms with E-state index in [4.69, 9.17) is 0 Å². The molecule has 1 fully saturated rings. The second-order valence-corrected chi connectivity index (χ2v) is 5.02. The first-order valence-electron chi connectivity index (χ1n) is 6.88. The van der Waals surface area contributed by atoms with E-state index in [0.29, 0.717) is 23.6 Å². The van der Waals surface area contributed by atoms with E-state index in [1.165, 1.54) is 7.11 Å². The number of hydrogen-bond donors (Lipinski definition) is 2. The fourth-order valence-electron chi connectivity index (χ4n) is 2.40. The summed E-state index contributed by atoms with van der Waals surface area (Å²) in [7, 11) is 1.34. The molecule has 2 rings (SSSR count). The van der Waals surface area contributed by atoms with Crippen LogP contribution in [0.25, 0.3) is 0 Å². The average Bonchev–Trinajstić information content (AvgIpc) is 2.47. The van der Waals surface area contributed by atoms with Crippen LogP contribution in [0.5, 0.6) is 0 Å². The zero-order valence-electron chi connectivity index (χ0n) is 11.6. The summed E-state index contributed by atoms with van der Waals surface area (Å²) in [6.45, 7) is 1.96. The second kappa shape index (κ2) is 7.05. The number of carbonyl (C=O) groups excluding carboxylic acids is 2. The van der Waals surface area contributed by atoms with Gasteiger partial charge in [-0.3, -0.25) is 4.79 Å². The molecule has 5 nitrogen and oxygen atoms in total. The van der Waals surface area contributed by atoms with Gasteiger partial charge in [-0.1, -0.05) is 6.07 Å². The molecular weight excluding hydrogens is 256 g/mol. The molecule has 0 radical (unpaired) electrons. The second-order valence-electron chi connectivity index (χ2n) is 5.02. The smallest absolute Gasteiger partial charge is 0.337 e. The minimum Gasteiger partial charge on any atom is -0.465 e. The van der Waals surface area contributed by atoms with Crippen molar-refractivity contribution < 1.29 is 14.3 Å². The largest absolute Gasteiger partial charge is 0.465 e. The first kappa shape index (κ1) is 14.5. The lowest BCUT2D eigenvalue weighted by molar-refractivity contribution is -0.117. The number of carbonyl (C=O) groups is 2. The van der Waals surface area contributed by atoms with Crippen LogP contribution in [-0.4, -0.2) is 32.1 Å². The van der Waals surface area contributed by atoms with Crippen molar-refractivity contribution in [2.45, 2.75) is 19.3 Å². The van der Waals surface area contributed by atoms with Gasteiger partial charge < -0.3 is 15.4 Å². The van der Waals surface area contributed by atoms with Crippen LogP contribution in [0.3, 0.4) is 0 Å². The Kier molecular flexibility index (Phi) is 5.12. The van der Waals surface area contributed by atoms with E-state index in [1.54, 1.807) is 24.3 Å². The van der Waals surface area contributed by atoms with Gasteiger partial charge >= 0.3 is 5.97 Å². The molecule has 0 atom stereocenters. The Bertz CT molecular complexity index is 482. The van der Waals surface area contributed by atoms with E-state index < -0.39 is 5.97 Å². The first-order chi connectivity index (χ1) is 9.69. The molecule has 1 aliphatic rings. The van der Waals surface area contributed by atoms with Crippen LogP contribution in [0.15, 0.2) is 24.3 Å². The zero-order valence-corrected chi connectivity index (χ0v) is 11.6. The number of esters is 1. The summed E-state index contributed by atoms with van der Waals surface area (Å²) in [4.78, 5) is 23.4. The van der Waals surface area contributed by atoms with Crippen LogP contribution in [0.1, 0.15) is 29.6 Å². The Morgan fingerprint density at radius 1 is 1.35 bits per heavy atom. The third-order valence-electron chi connectivity index (χ3n) is 3.50. The van der Waals surface area contributed by atoms with Crippen LogP contribution >= 0.6 is 0 Å². The highest BCUT2D eigenvalue weighted by molar-refractivity contribution is 5.94. The SMILES string of the molecule is COC(=O)c1cccc(NC(=O)CC2CCNCC2)c1. The van der Waals surface area contributed by atoms with Gasteiger partial charge in [-0.05, 0) is 50.0 Å². The lowest BCUT2D eigenvalue weighted by Crippen LogP contribution is -2.30. The van der Waals surface area contributed by atoms with Crippen LogP contribution in [0.2, 0.25) is 0 Å². The van der Waals surface area contributed by atoms with E-state index in [-0.39, 0.29) is 5.91 Å². The van der Waals surface area contributed by atoms with Crippen molar-refractivity contribution >= 4 is 17.6 Å². The highest BCUT2D eigenvalue weighted by Crippen LogP contribution is 2.18. The van der Waals surface area contributed by atoms with E-state index in [0.717, 1.165) is 25.9 Å². The third-order valence-corrected chi connectivity index (χ3v) is 3.50. The van der Waals surface area contributed by atoms with E-state index >= 15 is 0 Å². The topological polar surface area (TPSA) is 67.4 Å². The monoisotopic (exact) mass is 276 g/mol. The first-order valence-corrected chi connectivity index (χ1v) is 6.88. The van der Waals surface area contributed by atoms with Crippen molar-refractivity contribution in [3.63, 3.8) is 0 Å². The standard InChI is InChI=1S/C15H20N2O3/c1-20-15(19)12-3-2-4-13(10-12)17-14(18)9-11-5-7-16-8-6-11/h2-4,10-11,16H,5-9H2,1H3,(H,17,18). The maximum Gasteiger partial charge on any atom is 0.337 e. The summed E-state index contributed by atoms with van der Waals surface area (Å²) in [5.41, 5.74) is 1.07. The number of amides is 1. The minimum atomic E-state index is -0.403. The van der Waals surface area contributed by atoms with Crippen LogP contribution in [0, 0.1) is 5.92 Å². The molecule has 1 aliphatic heterocycles. The fourth-order valence-corrected chi connectivity index (χ4v) is 2.40. The van der Waals surface area contributed by atoms with Crippen molar-refractivity contribution in [1.82, 2.24) is 5.32 Å². The lowest BCUT2D eigenvalue weighted by atomic mass is 9.94. The van der Waals surface area contributed by atoms with Gasteiger partial charge in [0.15, 0.2) is 0 Å². The molecule has 0 unspecified atom stereocenters. The highest BCUT2D eigenvalue weighted by atomic mass is 16.5. The molecule has 108 valence electrons. The van der Waals surface area contributed by atoms with Crippen molar-refractivity contribution in [1.29, 1.82) is 0 Å². The Labute approximate surface area is 118 Å². The highest BCUT2D eigenvalue weighted by Gasteiger charge is 2.17. The van der Waals surface area contributed by atoms with E-state index in [2.05, 4.69) is 15.4 Å². The van der Waals surface area contributed by atoms with Crippen molar-refractivity contribution in [3.8, 4) is 0 Å². The van der Waals surface area contributed by atoms with E-state index in [1.807, 2.05) is 0 Å². The fraction of sp³-hybridized carbons (Fsp3) is 0.467. The summed E-state index contributed by atoms with van der Waals surface area (Å²) in [6.07, 6.45) is 2.61. The Hall–Kier alpha value is -1.88. The molecule has 0 spiro atoms. The summed E-state index contributed by atoms with van der Waals surface area (Å²) in [6, 6.07) is 6.79. The summed E-state index contributed by atoms with van der Waals surface area (Å²) < 4.78 is 4.66. The van der Waals surface area contributed by atoms with Crippen molar-refractivity contribution in [2.75, 3.05) is 25.5 Å². The lowest BCUT2D eigenvalue weighted by Gasteiger charge is -2.21. The molecule has 0 bridgehead atoms. The summed E-state index contributed by atoms with van der Waals surface area (Å²) in [5.74, 6) is 0.0402. The average molecular weight is 276 g/mol. The third kappa shape index (κ3) is 4.06. The summed E-state index contributed by atoms with van der Waals surface area (Å²) in [5, 5.41) is 6.12. The Morgan fingerprint density at radius 3 is 2.80 bits per heavy atom. The number of nitrogens with one attached hydrogen (secondary N) is 2. The van der Waals surface area contributed by atoms with Crippen molar-refractivity contribution in [2.24, 2.45) is 5.92 Å². The van der Waals surface area contributed by atoms with Crippen LogP contribution < -0.4 is 10.6 Å². The quantitative estimate of drug-likeness (QED) is 0.823. The number of ether oxygens (including phenoxy) is 1. The number of anilines is 1. The normalized spacial score (nSPS) is 15.7. The molecule has 5 heteroatoms. The maximum absolute atomic E-state index is 12.0. The predicted octanol–water partition coefficient (Wildman–Crippen LogP) is 1.80. The minimum absolute atomic E-state index is 0.00100. The van der Waals surface area contributed by atoms with Gasteiger partial charge in [0.1, 0.15) is 0 Å². The molecule has 1 aromatic carbocycles. The Balaban J connectivity index is 1.91.